The summed E-state index contributed by atoms with van der Waals surface area (Å²) in [5.74, 6) is 1.08. The summed E-state index contributed by atoms with van der Waals surface area (Å²) >= 11 is 0. The van der Waals surface area contributed by atoms with Crippen LogP contribution in [0.15, 0.2) is 18.2 Å². The van der Waals surface area contributed by atoms with Crippen LogP contribution in [-0.4, -0.2) is 67.6 Å². The summed E-state index contributed by atoms with van der Waals surface area (Å²) < 4.78 is 10.5. The van der Waals surface area contributed by atoms with Crippen molar-refractivity contribution in [3.05, 3.63) is 23.8 Å². The van der Waals surface area contributed by atoms with Crippen LogP contribution in [0.3, 0.4) is 0 Å². The lowest BCUT2D eigenvalue weighted by Crippen LogP contribution is -2.57. The molecule has 2 unspecified atom stereocenters. The van der Waals surface area contributed by atoms with E-state index in [2.05, 4.69) is 0 Å². The average Bonchev–Trinajstić information content (AvgIpc) is 2.72. The van der Waals surface area contributed by atoms with Gasteiger partial charge in [-0.1, -0.05) is 12.8 Å². The van der Waals surface area contributed by atoms with Crippen molar-refractivity contribution in [3.63, 3.8) is 0 Å². The number of hydrogen-bond acceptors (Lipinski definition) is 5. The molecule has 3 rings (SSSR count). The van der Waals surface area contributed by atoms with Crippen LogP contribution in [0.5, 0.6) is 11.5 Å². The normalized spacial score (nSPS) is 25.4. The van der Waals surface area contributed by atoms with Crippen molar-refractivity contribution in [2.75, 3.05) is 40.4 Å². The van der Waals surface area contributed by atoms with E-state index < -0.39 is 5.54 Å². The summed E-state index contributed by atoms with van der Waals surface area (Å²) in [5.41, 5.74) is 6.52. The van der Waals surface area contributed by atoms with Crippen molar-refractivity contribution in [3.8, 4) is 11.5 Å². The van der Waals surface area contributed by atoms with E-state index in [1.54, 1.807) is 37.3 Å². The molecule has 154 valence electrons. The first kappa shape index (κ1) is 20.5. The van der Waals surface area contributed by atoms with Crippen LogP contribution in [0, 0.1) is 5.92 Å². The molecule has 2 fully saturated rings. The number of piperazine rings is 1. The predicted octanol–water partition coefficient (Wildman–Crippen LogP) is 1.90. The second kappa shape index (κ2) is 8.39. The van der Waals surface area contributed by atoms with E-state index in [1.165, 1.54) is 0 Å². The highest BCUT2D eigenvalue weighted by Crippen LogP contribution is 2.33. The van der Waals surface area contributed by atoms with Gasteiger partial charge < -0.3 is 25.0 Å². The third kappa shape index (κ3) is 4.09. The molecule has 7 heteroatoms. The van der Waals surface area contributed by atoms with Gasteiger partial charge in [-0.25, -0.2) is 0 Å². The Bertz CT molecular complexity index is 726. The maximum Gasteiger partial charge on any atom is 0.254 e. The molecule has 1 saturated heterocycles. The molecule has 1 aliphatic heterocycles. The zero-order chi connectivity index (χ0) is 20.3. The zero-order valence-electron chi connectivity index (χ0n) is 17.1. The van der Waals surface area contributed by atoms with Gasteiger partial charge in [0, 0.05) is 37.3 Å². The van der Waals surface area contributed by atoms with E-state index in [4.69, 9.17) is 15.2 Å². The quantitative estimate of drug-likeness (QED) is 0.850. The second-order valence-corrected chi connectivity index (χ2v) is 7.99. The summed E-state index contributed by atoms with van der Waals surface area (Å²) in [4.78, 5) is 29.5. The Morgan fingerprint density at radius 3 is 2.29 bits per heavy atom. The van der Waals surface area contributed by atoms with Gasteiger partial charge in [0.25, 0.3) is 5.91 Å². The van der Waals surface area contributed by atoms with Crippen molar-refractivity contribution in [1.29, 1.82) is 0 Å². The largest absolute Gasteiger partial charge is 0.493 e. The third-order valence-corrected chi connectivity index (χ3v) is 6.06. The number of carbonyl (C=O) groups is 2. The van der Waals surface area contributed by atoms with Crippen LogP contribution >= 0.6 is 0 Å². The molecule has 0 bridgehead atoms. The van der Waals surface area contributed by atoms with E-state index >= 15 is 0 Å². The molecular formula is C21H31N3O4. The molecule has 2 atom stereocenters. The standard InChI is InChI=1S/C21H31N3O4/c1-21(22)9-5-4-6-16(21)20(26)24-12-10-23(11-13-24)19(25)15-7-8-17(27-2)18(14-15)28-3/h7-8,14,16H,4-6,9-13,22H2,1-3H3. The smallest absolute Gasteiger partial charge is 0.254 e. The number of nitrogens with zero attached hydrogens (tertiary/aromatic N) is 2. The lowest BCUT2D eigenvalue weighted by Gasteiger charge is -2.42. The fourth-order valence-electron chi connectivity index (χ4n) is 4.27. The maximum atomic E-state index is 13.0. The number of carbonyl (C=O) groups excluding carboxylic acids is 2. The molecule has 0 spiro atoms. The van der Waals surface area contributed by atoms with Crippen molar-refractivity contribution >= 4 is 11.8 Å². The van der Waals surface area contributed by atoms with Gasteiger partial charge in [0.15, 0.2) is 11.5 Å². The van der Waals surface area contributed by atoms with Crippen molar-refractivity contribution in [2.24, 2.45) is 11.7 Å². The lowest BCUT2D eigenvalue weighted by molar-refractivity contribution is -0.140. The highest BCUT2D eigenvalue weighted by Gasteiger charge is 2.40. The van der Waals surface area contributed by atoms with Crippen LogP contribution in [0.4, 0.5) is 0 Å². The van der Waals surface area contributed by atoms with E-state index in [1.807, 2.05) is 11.8 Å². The third-order valence-electron chi connectivity index (χ3n) is 6.06. The molecule has 1 heterocycles. The van der Waals surface area contributed by atoms with Gasteiger partial charge in [0.1, 0.15) is 0 Å². The van der Waals surface area contributed by atoms with E-state index in [9.17, 15) is 9.59 Å². The van der Waals surface area contributed by atoms with Crippen molar-refractivity contribution in [1.82, 2.24) is 9.80 Å². The first-order valence-corrected chi connectivity index (χ1v) is 9.96. The molecule has 0 aromatic heterocycles. The molecule has 1 saturated carbocycles. The van der Waals surface area contributed by atoms with Crippen LogP contribution in [0.1, 0.15) is 43.0 Å². The van der Waals surface area contributed by atoms with Gasteiger partial charge in [-0.3, -0.25) is 9.59 Å². The van der Waals surface area contributed by atoms with Crippen LogP contribution in [-0.2, 0) is 4.79 Å². The lowest BCUT2D eigenvalue weighted by atomic mass is 9.74. The maximum absolute atomic E-state index is 13.0. The van der Waals surface area contributed by atoms with Crippen molar-refractivity contribution < 1.29 is 19.1 Å². The summed E-state index contributed by atoms with van der Waals surface area (Å²) in [5, 5.41) is 0. The zero-order valence-corrected chi connectivity index (χ0v) is 17.1. The molecule has 2 amide bonds. The molecular weight excluding hydrogens is 358 g/mol. The van der Waals surface area contributed by atoms with Gasteiger partial charge in [-0.2, -0.15) is 0 Å². The predicted molar refractivity (Wildman–Crippen MR) is 107 cm³/mol. The Labute approximate surface area is 166 Å². The number of amides is 2. The molecule has 1 aromatic carbocycles. The van der Waals surface area contributed by atoms with Crippen molar-refractivity contribution in [2.45, 2.75) is 38.1 Å². The van der Waals surface area contributed by atoms with Gasteiger partial charge in [0.2, 0.25) is 5.91 Å². The highest BCUT2D eigenvalue weighted by molar-refractivity contribution is 5.95. The SMILES string of the molecule is COc1ccc(C(=O)N2CCN(C(=O)C3CCCCC3(C)N)CC2)cc1OC. The minimum Gasteiger partial charge on any atom is -0.493 e. The fourth-order valence-corrected chi connectivity index (χ4v) is 4.27. The Hall–Kier alpha value is -2.28. The Morgan fingerprint density at radius 1 is 1.04 bits per heavy atom. The molecule has 1 aliphatic carbocycles. The first-order valence-electron chi connectivity index (χ1n) is 9.96. The monoisotopic (exact) mass is 389 g/mol. The first-order chi connectivity index (χ1) is 13.4. The van der Waals surface area contributed by atoms with E-state index in [0.29, 0.717) is 43.2 Å². The number of nitrogens with two attached hydrogens (primary N) is 1. The van der Waals surface area contributed by atoms with Gasteiger partial charge in [0.05, 0.1) is 20.1 Å². The van der Waals surface area contributed by atoms with Crippen LogP contribution in [0.25, 0.3) is 0 Å². The molecule has 28 heavy (non-hydrogen) atoms. The molecule has 0 radical (unpaired) electrons. The Morgan fingerprint density at radius 2 is 1.68 bits per heavy atom. The van der Waals surface area contributed by atoms with Crippen LogP contribution in [0.2, 0.25) is 0 Å². The van der Waals surface area contributed by atoms with Crippen LogP contribution < -0.4 is 15.2 Å². The number of ether oxygens (including phenoxy) is 2. The summed E-state index contributed by atoms with van der Waals surface area (Å²) in [6.45, 7) is 4.13. The Kier molecular flexibility index (Phi) is 6.13. The van der Waals surface area contributed by atoms with Gasteiger partial charge >= 0.3 is 0 Å². The van der Waals surface area contributed by atoms with Gasteiger partial charge in [-0.05, 0) is 38.0 Å². The fraction of sp³-hybridized carbons (Fsp3) is 0.619. The number of rotatable bonds is 4. The average molecular weight is 389 g/mol. The topological polar surface area (TPSA) is 85.1 Å². The molecule has 2 N–H and O–H groups in total. The van der Waals surface area contributed by atoms with Gasteiger partial charge in [-0.15, -0.1) is 0 Å². The summed E-state index contributed by atoms with van der Waals surface area (Å²) in [6, 6.07) is 5.17. The Balaban J connectivity index is 1.62. The second-order valence-electron chi connectivity index (χ2n) is 7.99. The highest BCUT2D eigenvalue weighted by atomic mass is 16.5. The minimum atomic E-state index is -0.429. The molecule has 7 nitrogen and oxygen atoms in total. The van der Waals surface area contributed by atoms with E-state index in [0.717, 1.165) is 25.7 Å². The summed E-state index contributed by atoms with van der Waals surface area (Å²) in [6.07, 6.45) is 3.89. The van der Waals surface area contributed by atoms with E-state index in [-0.39, 0.29) is 17.7 Å². The molecule has 1 aromatic rings. The minimum absolute atomic E-state index is 0.0608. The number of methoxy groups -OCH3 is 2. The summed E-state index contributed by atoms with van der Waals surface area (Å²) in [7, 11) is 3.11. The number of benzene rings is 1. The number of hydrogen-bond donors (Lipinski definition) is 1. The molecule has 2 aliphatic rings.